The van der Waals surface area contributed by atoms with Gasteiger partial charge in [-0.2, -0.15) is 4.31 Å². The third kappa shape index (κ3) is 4.71. The first-order chi connectivity index (χ1) is 13.0. The van der Waals surface area contributed by atoms with Gasteiger partial charge in [0.25, 0.3) is 0 Å². The number of thiol groups is 1. The van der Waals surface area contributed by atoms with Gasteiger partial charge in [-0.15, -0.1) is 12.6 Å². The Labute approximate surface area is 165 Å². The van der Waals surface area contributed by atoms with Crippen LogP contribution in [0, 0.1) is 0 Å². The second-order valence-electron chi connectivity index (χ2n) is 6.06. The molecular formula is C21H21NO3S2. The van der Waals surface area contributed by atoms with Gasteiger partial charge in [-0.3, -0.25) is 0 Å². The summed E-state index contributed by atoms with van der Waals surface area (Å²) in [4.78, 5) is 0.997. The zero-order chi connectivity index (χ0) is 19.3. The number of benzene rings is 3. The summed E-state index contributed by atoms with van der Waals surface area (Å²) >= 11 is 4.47. The average Bonchev–Trinajstić information content (AvgIpc) is 2.70. The maximum atomic E-state index is 13.3. The molecule has 3 aromatic rings. The molecule has 0 bridgehead atoms. The average molecular weight is 400 g/mol. The van der Waals surface area contributed by atoms with Gasteiger partial charge in [0.05, 0.1) is 12.0 Å². The lowest BCUT2D eigenvalue weighted by molar-refractivity contribution is 0.398. The van der Waals surface area contributed by atoms with Gasteiger partial charge in [-0.25, -0.2) is 8.42 Å². The highest BCUT2D eigenvalue weighted by Gasteiger charge is 2.25. The van der Waals surface area contributed by atoms with E-state index in [2.05, 4.69) is 12.6 Å². The highest BCUT2D eigenvalue weighted by Crippen LogP contribution is 2.25. The Balaban J connectivity index is 1.97. The van der Waals surface area contributed by atoms with Crippen molar-refractivity contribution in [2.24, 2.45) is 0 Å². The third-order valence-electron chi connectivity index (χ3n) is 4.24. The molecule has 3 aromatic carbocycles. The van der Waals surface area contributed by atoms with E-state index in [0.717, 1.165) is 16.0 Å². The van der Waals surface area contributed by atoms with E-state index in [-0.39, 0.29) is 18.0 Å². The Morgan fingerprint density at radius 2 is 1.48 bits per heavy atom. The van der Waals surface area contributed by atoms with E-state index >= 15 is 0 Å². The Bertz CT molecular complexity index is 987. The Morgan fingerprint density at radius 1 is 0.852 bits per heavy atom. The van der Waals surface area contributed by atoms with Gasteiger partial charge in [0.15, 0.2) is 0 Å². The quantitative estimate of drug-likeness (QED) is 0.600. The van der Waals surface area contributed by atoms with Crippen LogP contribution in [0.2, 0.25) is 0 Å². The summed E-state index contributed by atoms with van der Waals surface area (Å²) in [6.45, 7) is 0.514. The van der Waals surface area contributed by atoms with Gasteiger partial charge in [-0.05, 0) is 41.5 Å². The van der Waals surface area contributed by atoms with Gasteiger partial charge >= 0.3 is 0 Å². The summed E-state index contributed by atoms with van der Waals surface area (Å²) in [6, 6.07) is 23.5. The molecule has 0 saturated heterocycles. The van der Waals surface area contributed by atoms with Crippen molar-refractivity contribution in [3.63, 3.8) is 0 Å². The van der Waals surface area contributed by atoms with Crippen LogP contribution in [0.15, 0.2) is 88.7 Å². The lowest BCUT2D eigenvalue weighted by atomic mass is 10.2. The predicted octanol–water partition coefficient (Wildman–Crippen LogP) is 4.38. The van der Waals surface area contributed by atoms with Crippen molar-refractivity contribution in [3.05, 3.63) is 90.0 Å². The van der Waals surface area contributed by atoms with Crippen molar-refractivity contribution in [2.45, 2.75) is 22.9 Å². The van der Waals surface area contributed by atoms with Crippen LogP contribution in [0.5, 0.6) is 5.75 Å². The van der Waals surface area contributed by atoms with Crippen molar-refractivity contribution in [2.75, 3.05) is 7.11 Å². The molecule has 3 rings (SSSR count). The van der Waals surface area contributed by atoms with E-state index in [1.807, 2.05) is 54.6 Å². The van der Waals surface area contributed by atoms with Crippen LogP contribution in [0.3, 0.4) is 0 Å². The monoisotopic (exact) mass is 399 g/mol. The first kappa shape index (κ1) is 19.5. The van der Waals surface area contributed by atoms with Crippen LogP contribution < -0.4 is 4.74 Å². The molecule has 4 nitrogen and oxygen atoms in total. The second kappa shape index (κ2) is 8.61. The third-order valence-corrected chi connectivity index (χ3v) is 6.48. The highest BCUT2D eigenvalue weighted by atomic mass is 32.2. The number of nitrogens with zero attached hydrogens (tertiary/aromatic N) is 1. The van der Waals surface area contributed by atoms with Crippen LogP contribution in [-0.2, 0) is 23.1 Å². The van der Waals surface area contributed by atoms with Gasteiger partial charge in [-0.1, -0.05) is 48.5 Å². The van der Waals surface area contributed by atoms with Crippen molar-refractivity contribution in [1.82, 2.24) is 4.31 Å². The molecule has 0 aromatic heterocycles. The summed E-state index contributed by atoms with van der Waals surface area (Å²) in [7, 11) is -2.14. The van der Waals surface area contributed by atoms with E-state index in [9.17, 15) is 8.42 Å². The molecule has 6 heteroatoms. The molecule has 0 amide bonds. The Morgan fingerprint density at radius 3 is 2.11 bits per heavy atom. The summed E-state index contributed by atoms with van der Waals surface area (Å²) in [5, 5.41) is 0. The SMILES string of the molecule is COc1ccc(S(=O)(=O)N(Cc2ccccc2)Cc2ccccc2S)cc1. The van der Waals surface area contributed by atoms with Gasteiger partial charge in [0.1, 0.15) is 5.75 Å². The molecule has 140 valence electrons. The molecule has 0 radical (unpaired) electrons. The zero-order valence-electron chi connectivity index (χ0n) is 14.9. The predicted molar refractivity (Wildman–Crippen MR) is 110 cm³/mol. The lowest BCUT2D eigenvalue weighted by Crippen LogP contribution is -2.30. The fraction of sp³-hybridized carbons (Fsp3) is 0.143. The maximum Gasteiger partial charge on any atom is 0.243 e. The van der Waals surface area contributed by atoms with Crippen LogP contribution >= 0.6 is 12.6 Å². The number of sulfonamides is 1. The molecular weight excluding hydrogens is 378 g/mol. The van der Waals surface area contributed by atoms with Crippen LogP contribution in [-0.4, -0.2) is 19.8 Å². The minimum Gasteiger partial charge on any atom is -0.497 e. The Kier molecular flexibility index (Phi) is 6.21. The smallest absolute Gasteiger partial charge is 0.243 e. The molecule has 0 unspecified atom stereocenters. The number of methoxy groups -OCH3 is 1. The Hall–Kier alpha value is -2.28. The molecule has 27 heavy (non-hydrogen) atoms. The number of rotatable bonds is 7. The van der Waals surface area contributed by atoms with Gasteiger partial charge < -0.3 is 4.74 Å². The first-order valence-corrected chi connectivity index (χ1v) is 10.3. The minimum absolute atomic E-state index is 0.232. The topological polar surface area (TPSA) is 46.6 Å². The van der Waals surface area contributed by atoms with Crippen molar-refractivity contribution in [1.29, 1.82) is 0 Å². The maximum absolute atomic E-state index is 13.3. The van der Waals surface area contributed by atoms with Crippen LogP contribution in [0.1, 0.15) is 11.1 Å². The standard InChI is InChI=1S/C21H21NO3S2/c1-25-19-11-13-20(14-12-19)27(23,24)22(15-17-7-3-2-4-8-17)16-18-9-5-6-10-21(18)26/h2-14,26H,15-16H2,1H3. The van der Waals surface area contributed by atoms with E-state index < -0.39 is 10.0 Å². The van der Waals surface area contributed by atoms with Crippen LogP contribution in [0.4, 0.5) is 0 Å². The molecule has 0 aliphatic rings. The zero-order valence-corrected chi connectivity index (χ0v) is 16.7. The lowest BCUT2D eigenvalue weighted by Gasteiger charge is -2.23. The fourth-order valence-electron chi connectivity index (χ4n) is 2.74. The van der Waals surface area contributed by atoms with E-state index in [4.69, 9.17) is 4.74 Å². The number of hydrogen-bond acceptors (Lipinski definition) is 4. The van der Waals surface area contributed by atoms with Crippen LogP contribution in [0.25, 0.3) is 0 Å². The van der Waals surface area contributed by atoms with E-state index in [1.54, 1.807) is 31.4 Å². The highest BCUT2D eigenvalue weighted by molar-refractivity contribution is 7.89. The van der Waals surface area contributed by atoms with Crippen molar-refractivity contribution >= 4 is 22.7 Å². The summed E-state index contributed by atoms with van der Waals surface area (Å²) in [5.41, 5.74) is 1.78. The first-order valence-electron chi connectivity index (χ1n) is 8.45. The molecule has 0 fully saturated rings. The molecule has 0 N–H and O–H groups in total. The largest absolute Gasteiger partial charge is 0.497 e. The van der Waals surface area contributed by atoms with Gasteiger partial charge in [0, 0.05) is 18.0 Å². The van der Waals surface area contributed by atoms with Crippen molar-refractivity contribution in [3.8, 4) is 5.75 Å². The van der Waals surface area contributed by atoms with Gasteiger partial charge in [0.2, 0.25) is 10.0 Å². The molecule has 0 saturated carbocycles. The molecule has 0 aliphatic heterocycles. The molecule has 0 atom stereocenters. The fourth-order valence-corrected chi connectivity index (χ4v) is 4.38. The van der Waals surface area contributed by atoms with Crippen molar-refractivity contribution < 1.29 is 13.2 Å². The normalized spacial score (nSPS) is 11.5. The summed E-state index contributed by atoms with van der Waals surface area (Å²) < 4.78 is 33.2. The molecule has 0 spiro atoms. The van der Waals surface area contributed by atoms with E-state index in [0.29, 0.717) is 5.75 Å². The van der Waals surface area contributed by atoms with E-state index in [1.165, 1.54) is 4.31 Å². The minimum atomic E-state index is -3.70. The second-order valence-corrected chi connectivity index (χ2v) is 8.48. The number of ether oxygens (including phenoxy) is 1. The number of hydrogen-bond donors (Lipinski definition) is 1. The summed E-state index contributed by atoms with van der Waals surface area (Å²) in [6.07, 6.45) is 0. The molecule has 0 heterocycles. The summed E-state index contributed by atoms with van der Waals surface area (Å²) in [5.74, 6) is 0.615. The molecule has 0 aliphatic carbocycles.